The van der Waals surface area contributed by atoms with E-state index in [1.807, 2.05) is 12.3 Å². The summed E-state index contributed by atoms with van der Waals surface area (Å²) >= 11 is 0. The molecule has 0 spiro atoms. The molecule has 1 aromatic heterocycles. The second kappa shape index (κ2) is 4.07. The molecule has 0 saturated heterocycles. The van der Waals surface area contributed by atoms with Gasteiger partial charge in [-0.25, -0.2) is 0 Å². The number of nitrogens with zero attached hydrogens (tertiary/aromatic N) is 1. The van der Waals surface area contributed by atoms with Crippen LogP contribution in [0.4, 0.5) is 0 Å². The minimum Gasteiger partial charge on any atom is -0.396 e. The van der Waals surface area contributed by atoms with Crippen LogP contribution in [-0.2, 0) is 6.54 Å². The number of pyridine rings is 1. The Morgan fingerprint density at radius 3 is 2.93 bits per heavy atom. The smallest absolute Gasteiger partial charge is 0.0499 e. The van der Waals surface area contributed by atoms with E-state index in [1.54, 1.807) is 6.20 Å². The Morgan fingerprint density at radius 1 is 1.50 bits per heavy atom. The number of hydrogen-bond donors (Lipinski definition) is 2. The fourth-order valence-electron chi connectivity index (χ4n) is 1.54. The fraction of sp³-hybridized carbons (Fsp3) is 0.545. The predicted octanol–water partition coefficient (Wildman–Crippen LogP) is 0.944. The molecule has 1 aliphatic carbocycles. The lowest BCUT2D eigenvalue weighted by Crippen LogP contribution is -2.26. The number of hydrogen-bond acceptors (Lipinski definition) is 3. The topological polar surface area (TPSA) is 45.1 Å². The molecule has 2 N–H and O–H groups in total. The van der Waals surface area contributed by atoms with E-state index >= 15 is 0 Å². The molecule has 0 bridgehead atoms. The highest BCUT2D eigenvalue weighted by Gasteiger charge is 2.41. The summed E-state index contributed by atoms with van der Waals surface area (Å²) in [4.78, 5) is 4.05. The zero-order chi connectivity index (χ0) is 9.86. The van der Waals surface area contributed by atoms with E-state index in [1.165, 1.54) is 5.56 Å². The maximum Gasteiger partial charge on any atom is 0.0499 e. The van der Waals surface area contributed by atoms with Gasteiger partial charge in [0.05, 0.1) is 0 Å². The molecule has 1 aliphatic rings. The second-order valence-corrected chi connectivity index (χ2v) is 4.12. The van der Waals surface area contributed by atoms with Crippen molar-refractivity contribution < 1.29 is 5.11 Å². The summed E-state index contributed by atoms with van der Waals surface area (Å²) in [6.07, 6.45) is 5.96. The van der Waals surface area contributed by atoms with Crippen LogP contribution < -0.4 is 5.32 Å². The summed E-state index contributed by atoms with van der Waals surface area (Å²) in [6, 6.07) is 3.99. The second-order valence-electron chi connectivity index (χ2n) is 4.12. The minimum atomic E-state index is 0.197. The van der Waals surface area contributed by atoms with Crippen molar-refractivity contribution in [3.63, 3.8) is 0 Å². The molecule has 2 rings (SSSR count). The Kier molecular flexibility index (Phi) is 2.79. The van der Waals surface area contributed by atoms with Crippen molar-refractivity contribution in [3.8, 4) is 0 Å². The van der Waals surface area contributed by atoms with Crippen molar-refractivity contribution in [1.82, 2.24) is 10.3 Å². The Labute approximate surface area is 84.2 Å². The van der Waals surface area contributed by atoms with Gasteiger partial charge < -0.3 is 10.4 Å². The Balaban J connectivity index is 1.73. The molecule has 1 heterocycles. The molecule has 3 nitrogen and oxygen atoms in total. The van der Waals surface area contributed by atoms with Crippen LogP contribution in [-0.4, -0.2) is 23.2 Å². The van der Waals surface area contributed by atoms with Gasteiger partial charge in [-0.2, -0.15) is 0 Å². The molecule has 0 radical (unpaired) electrons. The molecule has 0 atom stereocenters. The highest BCUT2D eigenvalue weighted by molar-refractivity contribution is 5.08. The van der Waals surface area contributed by atoms with Crippen LogP contribution in [0.2, 0.25) is 0 Å². The van der Waals surface area contributed by atoms with E-state index in [9.17, 15) is 0 Å². The molecule has 1 aromatic rings. The van der Waals surface area contributed by atoms with Gasteiger partial charge in [0.1, 0.15) is 0 Å². The van der Waals surface area contributed by atoms with Crippen LogP contribution in [0.25, 0.3) is 0 Å². The zero-order valence-corrected chi connectivity index (χ0v) is 8.24. The van der Waals surface area contributed by atoms with Gasteiger partial charge in [0.2, 0.25) is 0 Å². The summed E-state index contributed by atoms with van der Waals surface area (Å²) in [5.41, 5.74) is 1.39. The van der Waals surface area contributed by atoms with Crippen LogP contribution in [0.5, 0.6) is 0 Å². The number of rotatable bonds is 5. The molecule has 0 aromatic carbocycles. The molecule has 76 valence electrons. The molecule has 3 heteroatoms. The van der Waals surface area contributed by atoms with Gasteiger partial charge in [-0.1, -0.05) is 6.07 Å². The van der Waals surface area contributed by atoms with Crippen LogP contribution in [0.15, 0.2) is 24.5 Å². The maximum atomic E-state index is 9.10. The lowest BCUT2D eigenvalue weighted by atomic mass is 10.1. The molecule has 0 aliphatic heterocycles. The standard InChI is InChI=1S/C11H16N2O/c14-9-11(3-4-11)8-13-7-10-2-1-5-12-6-10/h1-2,5-6,13-14H,3-4,7-9H2. The summed E-state index contributed by atoms with van der Waals surface area (Å²) in [5, 5.41) is 12.5. The highest BCUT2D eigenvalue weighted by Crippen LogP contribution is 2.44. The van der Waals surface area contributed by atoms with E-state index < -0.39 is 0 Å². The third-order valence-corrected chi connectivity index (χ3v) is 2.84. The SMILES string of the molecule is OCC1(CNCc2cccnc2)CC1. The van der Waals surface area contributed by atoms with Crippen LogP contribution in [0.1, 0.15) is 18.4 Å². The molecule has 1 fully saturated rings. The Hall–Kier alpha value is -0.930. The quantitative estimate of drug-likeness (QED) is 0.730. The molecule has 1 saturated carbocycles. The molecule has 14 heavy (non-hydrogen) atoms. The van der Waals surface area contributed by atoms with Crippen molar-refractivity contribution >= 4 is 0 Å². The van der Waals surface area contributed by atoms with Crippen molar-refractivity contribution in [2.24, 2.45) is 5.41 Å². The maximum absolute atomic E-state index is 9.10. The normalized spacial score (nSPS) is 18.1. The van der Waals surface area contributed by atoms with Crippen molar-refractivity contribution in [2.75, 3.05) is 13.2 Å². The van der Waals surface area contributed by atoms with Crippen LogP contribution >= 0.6 is 0 Å². The first-order valence-corrected chi connectivity index (χ1v) is 5.05. The highest BCUT2D eigenvalue weighted by atomic mass is 16.3. The van der Waals surface area contributed by atoms with Crippen molar-refractivity contribution in [2.45, 2.75) is 19.4 Å². The first-order valence-electron chi connectivity index (χ1n) is 5.05. The Morgan fingerprint density at radius 2 is 2.36 bits per heavy atom. The lowest BCUT2D eigenvalue weighted by Gasteiger charge is -2.12. The third-order valence-electron chi connectivity index (χ3n) is 2.84. The van der Waals surface area contributed by atoms with Gasteiger partial charge in [0, 0.05) is 37.5 Å². The van der Waals surface area contributed by atoms with Crippen LogP contribution in [0, 0.1) is 5.41 Å². The van der Waals surface area contributed by atoms with Gasteiger partial charge in [-0.3, -0.25) is 4.98 Å². The fourth-order valence-corrected chi connectivity index (χ4v) is 1.54. The summed E-state index contributed by atoms with van der Waals surface area (Å²) in [6.45, 7) is 2.07. The number of aliphatic hydroxyl groups excluding tert-OH is 1. The van der Waals surface area contributed by atoms with E-state index in [0.29, 0.717) is 6.61 Å². The average Bonchev–Trinajstić information content (AvgIpc) is 3.00. The average molecular weight is 192 g/mol. The van der Waals surface area contributed by atoms with Crippen LogP contribution in [0.3, 0.4) is 0 Å². The summed E-state index contributed by atoms with van der Waals surface area (Å²) in [5.74, 6) is 0. The molecule has 0 amide bonds. The van der Waals surface area contributed by atoms with Gasteiger partial charge in [0.15, 0.2) is 0 Å². The largest absolute Gasteiger partial charge is 0.396 e. The monoisotopic (exact) mass is 192 g/mol. The third kappa shape index (κ3) is 2.30. The van der Waals surface area contributed by atoms with Gasteiger partial charge in [0.25, 0.3) is 0 Å². The van der Waals surface area contributed by atoms with Gasteiger partial charge in [-0.15, -0.1) is 0 Å². The number of nitrogens with one attached hydrogen (secondary N) is 1. The first-order chi connectivity index (χ1) is 6.85. The predicted molar refractivity (Wildman–Crippen MR) is 54.7 cm³/mol. The van der Waals surface area contributed by atoms with E-state index in [-0.39, 0.29) is 5.41 Å². The van der Waals surface area contributed by atoms with E-state index in [0.717, 1.165) is 25.9 Å². The van der Waals surface area contributed by atoms with Crippen molar-refractivity contribution in [3.05, 3.63) is 30.1 Å². The molecule has 0 unspecified atom stereocenters. The van der Waals surface area contributed by atoms with Crippen molar-refractivity contribution in [1.29, 1.82) is 0 Å². The van der Waals surface area contributed by atoms with Gasteiger partial charge in [-0.05, 0) is 24.5 Å². The Bertz CT molecular complexity index is 283. The molecular weight excluding hydrogens is 176 g/mol. The summed E-state index contributed by atoms with van der Waals surface area (Å²) < 4.78 is 0. The van der Waals surface area contributed by atoms with E-state index in [4.69, 9.17) is 5.11 Å². The number of aliphatic hydroxyl groups is 1. The van der Waals surface area contributed by atoms with Gasteiger partial charge >= 0.3 is 0 Å². The minimum absolute atomic E-state index is 0.197. The lowest BCUT2D eigenvalue weighted by molar-refractivity contribution is 0.207. The number of aromatic nitrogens is 1. The summed E-state index contributed by atoms with van der Waals surface area (Å²) in [7, 11) is 0. The molecular formula is C11H16N2O. The first kappa shape index (κ1) is 9.62. The van der Waals surface area contributed by atoms with E-state index in [2.05, 4.69) is 16.4 Å². The zero-order valence-electron chi connectivity index (χ0n) is 8.24.